The highest BCUT2D eigenvalue weighted by Crippen LogP contribution is 2.47. The third-order valence-electron chi connectivity index (χ3n) is 9.88. The molecule has 3 aromatic carbocycles. The maximum atomic E-state index is 12.1. The number of aliphatic hydroxyl groups is 1. The van der Waals surface area contributed by atoms with Gasteiger partial charge in [0.1, 0.15) is 48.2 Å². The van der Waals surface area contributed by atoms with E-state index in [-0.39, 0.29) is 11.6 Å². The zero-order valence-electron chi connectivity index (χ0n) is 28.7. The fourth-order valence-electron chi connectivity index (χ4n) is 6.14. The van der Waals surface area contributed by atoms with Crippen molar-refractivity contribution in [2.24, 2.45) is 4.99 Å². The van der Waals surface area contributed by atoms with Gasteiger partial charge in [-0.3, -0.25) is 0 Å². The van der Waals surface area contributed by atoms with E-state index in [1.54, 1.807) is 31.4 Å². The Morgan fingerprint density at radius 2 is 1.48 bits per heavy atom. The zero-order valence-corrected chi connectivity index (χ0v) is 29.7. The predicted molar refractivity (Wildman–Crippen MR) is 187 cm³/mol. The van der Waals surface area contributed by atoms with Crippen molar-refractivity contribution in [1.29, 1.82) is 0 Å². The number of ether oxygens (including phenoxy) is 4. The second-order valence-corrected chi connectivity index (χ2v) is 18.5. The normalized spacial score (nSPS) is 21.1. The second-order valence-electron chi connectivity index (χ2n) is 13.8. The van der Waals surface area contributed by atoms with Crippen molar-refractivity contribution in [2.75, 3.05) is 20.8 Å². The number of aliphatic imine (C=N–C) groups is 1. The molecule has 0 saturated carbocycles. The van der Waals surface area contributed by atoms with Crippen molar-refractivity contribution >= 4 is 20.5 Å². The summed E-state index contributed by atoms with van der Waals surface area (Å²) in [6, 6.07) is 25.9. The Balaban J connectivity index is 1.41. The lowest BCUT2D eigenvalue weighted by Crippen LogP contribution is -2.48. The van der Waals surface area contributed by atoms with Gasteiger partial charge in [-0.2, -0.15) is 5.10 Å². The van der Waals surface area contributed by atoms with E-state index in [0.29, 0.717) is 12.5 Å². The van der Waals surface area contributed by atoms with Gasteiger partial charge in [-0.1, -0.05) is 75.4 Å². The maximum absolute atomic E-state index is 12.1. The number of hydrogen-bond acceptors (Lipinski definition) is 9. The van der Waals surface area contributed by atoms with Crippen LogP contribution in [0.2, 0.25) is 18.1 Å². The van der Waals surface area contributed by atoms with Crippen LogP contribution in [0.5, 0.6) is 11.5 Å². The van der Waals surface area contributed by atoms with E-state index in [0.717, 1.165) is 33.8 Å². The molecule has 0 aliphatic carbocycles. The molecule has 2 aliphatic rings. The van der Waals surface area contributed by atoms with E-state index in [4.69, 9.17) is 23.4 Å². The molecule has 4 atom stereocenters. The summed E-state index contributed by atoms with van der Waals surface area (Å²) in [4.78, 5) is 4.57. The zero-order chi connectivity index (χ0) is 34.1. The monoisotopic (exact) mass is 670 g/mol. The Labute approximate surface area is 283 Å². The summed E-state index contributed by atoms with van der Waals surface area (Å²) >= 11 is 0. The molecule has 0 spiro atoms. The molecule has 0 radical (unpaired) electrons. The average molecular weight is 671 g/mol. The van der Waals surface area contributed by atoms with E-state index < -0.39 is 38.3 Å². The molecule has 1 aromatic heterocycles. The van der Waals surface area contributed by atoms with Crippen molar-refractivity contribution < 1.29 is 28.5 Å². The summed E-state index contributed by atoms with van der Waals surface area (Å²) in [6.07, 6.45) is 0.483. The van der Waals surface area contributed by atoms with Crippen molar-refractivity contribution in [1.82, 2.24) is 15.1 Å². The molecule has 0 bridgehead atoms. The second kappa shape index (κ2) is 13.5. The summed E-state index contributed by atoms with van der Waals surface area (Å²) in [7, 11) is 0.950. The van der Waals surface area contributed by atoms with Crippen LogP contribution in [0.4, 0.5) is 5.82 Å². The molecule has 0 unspecified atom stereocenters. The molecule has 48 heavy (non-hydrogen) atoms. The Bertz CT molecular complexity index is 1660. The number of fused-ring (bicyclic) bond motifs is 1. The highest BCUT2D eigenvalue weighted by molar-refractivity contribution is 6.74. The Hall–Kier alpha value is -4.00. The van der Waals surface area contributed by atoms with Crippen molar-refractivity contribution in [3.63, 3.8) is 0 Å². The van der Waals surface area contributed by atoms with Gasteiger partial charge in [0.2, 0.25) is 0 Å². The Kier molecular flexibility index (Phi) is 9.52. The molecular weight excluding hydrogens is 625 g/mol. The minimum absolute atomic E-state index is 0.0657. The largest absolute Gasteiger partial charge is 0.497 e. The molecule has 3 heterocycles. The van der Waals surface area contributed by atoms with Crippen LogP contribution in [0.25, 0.3) is 0 Å². The predicted octanol–water partition coefficient (Wildman–Crippen LogP) is 6.32. The number of nitrogens with zero attached hydrogens (tertiary/aromatic N) is 3. The van der Waals surface area contributed by atoms with Gasteiger partial charge < -0.3 is 33.8 Å². The smallest absolute Gasteiger partial charge is 0.192 e. The van der Waals surface area contributed by atoms with E-state index in [1.165, 1.54) is 0 Å². The number of aliphatic hydroxyl groups excluding tert-OH is 1. The van der Waals surface area contributed by atoms with Gasteiger partial charge in [0.05, 0.1) is 33.4 Å². The summed E-state index contributed by atoms with van der Waals surface area (Å²) < 4.78 is 33.6. The first-order chi connectivity index (χ1) is 23.0. The molecular formula is C37H46N4O6Si. The van der Waals surface area contributed by atoms with Gasteiger partial charge in [-0.15, -0.1) is 0 Å². The van der Waals surface area contributed by atoms with E-state index in [9.17, 15) is 5.11 Å². The van der Waals surface area contributed by atoms with Gasteiger partial charge in [0.25, 0.3) is 0 Å². The lowest BCUT2D eigenvalue weighted by atomic mass is 9.80. The standard InChI is InChI=1S/C37H46N4O6Si/c1-36(2,3)48(6,7)47-34-32(42)31(46-33(34)30-21-40-41-24-38-23-39-35(30)41)22-45-37(25-11-9-8-10-12-25,26-13-17-28(43-4)18-14-26)27-15-19-29(44-5)20-16-27/h8-21,23,31-34,42H,22,24H2,1-7H3,(H,38,39)/t31-,32-,33+,34-/m1/s1. The number of rotatable bonds is 11. The van der Waals surface area contributed by atoms with Crippen LogP contribution in [0.1, 0.15) is 49.1 Å². The van der Waals surface area contributed by atoms with Crippen LogP contribution in [-0.4, -0.2) is 68.7 Å². The summed E-state index contributed by atoms with van der Waals surface area (Å²) in [5, 5.41) is 19.6. The minimum atomic E-state index is -2.35. The Morgan fingerprint density at radius 3 is 2.04 bits per heavy atom. The third kappa shape index (κ3) is 6.28. The van der Waals surface area contributed by atoms with Crippen LogP contribution in [-0.2, 0) is 26.2 Å². The van der Waals surface area contributed by atoms with Crippen LogP contribution >= 0.6 is 0 Å². The number of benzene rings is 3. The lowest BCUT2D eigenvalue weighted by molar-refractivity contribution is -0.0827. The molecule has 1 fully saturated rings. The van der Waals surface area contributed by atoms with Crippen molar-refractivity contribution in [3.8, 4) is 11.5 Å². The molecule has 11 heteroatoms. The average Bonchev–Trinajstić information content (AvgIpc) is 3.65. The SMILES string of the molecule is COc1ccc(C(OC[C@H]2O[C@@H](c3cnn4c3N=CNC4)[C@H](O[Si](C)(C)C(C)(C)C)[C@@H]2O)(c2ccccc2)c2ccc(OC)cc2)cc1. The number of hydrogen-bond donors (Lipinski definition) is 2. The highest BCUT2D eigenvalue weighted by Gasteiger charge is 2.52. The molecule has 4 aromatic rings. The number of nitrogens with one attached hydrogen (secondary N) is 1. The van der Waals surface area contributed by atoms with E-state index in [2.05, 4.69) is 61.4 Å². The first-order valence-corrected chi connectivity index (χ1v) is 19.2. The first kappa shape index (κ1) is 33.9. The lowest BCUT2D eigenvalue weighted by Gasteiger charge is -2.40. The Morgan fingerprint density at radius 1 is 0.896 bits per heavy atom. The molecule has 1 saturated heterocycles. The van der Waals surface area contributed by atoms with Crippen LogP contribution in [0.3, 0.4) is 0 Å². The van der Waals surface area contributed by atoms with Crippen LogP contribution in [0, 0.1) is 0 Å². The molecule has 254 valence electrons. The number of aromatic nitrogens is 2. The van der Waals surface area contributed by atoms with Crippen LogP contribution < -0.4 is 14.8 Å². The van der Waals surface area contributed by atoms with E-state index in [1.807, 2.05) is 66.7 Å². The quantitative estimate of drug-likeness (QED) is 0.141. The fourth-order valence-corrected chi connectivity index (χ4v) is 7.44. The molecule has 6 rings (SSSR count). The number of methoxy groups -OCH3 is 2. The van der Waals surface area contributed by atoms with Gasteiger partial charge >= 0.3 is 0 Å². The van der Waals surface area contributed by atoms with Gasteiger partial charge in [0, 0.05) is 5.56 Å². The first-order valence-electron chi connectivity index (χ1n) is 16.3. The van der Waals surface area contributed by atoms with Crippen molar-refractivity contribution in [3.05, 3.63) is 107 Å². The van der Waals surface area contributed by atoms with Gasteiger partial charge in [-0.05, 0) is 59.1 Å². The van der Waals surface area contributed by atoms with Crippen molar-refractivity contribution in [2.45, 2.75) is 75.6 Å². The van der Waals surface area contributed by atoms with Gasteiger partial charge in [0.15, 0.2) is 14.1 Å². The molecule has 10 nitrogen and oxygen atoms in total. The topological polar surface area (TPSA) is 109 Å². The summed E-state index contributed by atoms with van der Waals surface area (Å²) in [5.74, 6) is 2.16. The van der Waals surface area contributed by atoms with E-state index >= 15 is 0 Å². The fraction of sp³-hybridized carbons (Fsp3) is 0.405. The third-order valence-corrected chi connectivity index (χ3v) is 14.4. The summed E-state index contributed by atoms with van der Waals surface area (Å²) in [6.45, 7) is 11.5. The van der Waals surface area contributed by atoms with Gasteiger partial charge in [-0.25, -0.2) is 9.67 Å². The summed E-state index contributed by atoms with van der Waals surface area (Å²) in [5.41, 5.74) is 2.42. The molecule has 0 amide bonds. The van der Waals surface area contributed by atoms with Crippen LogP contribution in [0.15, 0.2) is 90.1 Å². The highest BCUT2D eigenvalue weighted by atomic mass is 28.4. The molecule has 2 N–H and O–H groups in total. The minimum Gasteiger partial charge on any atom is -0.497 e. The maximum Gasteiger partial charge on any atom is 0.192 e. The molecule has 2 aliphatic heterocycles.